The fourth-order valence-corrected chi connectivity index (χ4v) is 1.10. The van der Waals surface area contributed by atoms with E-state index in [0.29, 0.717) is 0 Å². The second-order valence-corrected chi connectivity index (χ2v) is 3.74. The molecular weight excluding hydrogens is 226 g/mol. The van der Waals surface area contributed by atoms with Gasteiger partial charge in [0.2, 0.25) is 5.91 Å². The van der Waals surface area contributed by atoms with E-state index in [4.69, 9.17) is 5.11 Å². The van der Waals surface area contributed by atoms with Gasteiger partial charge >= 0.3 is 11.9 Å². The quantitative estimate of drug-likeness (QED) is 0.522. The van der Waals surface area contributed by atoms with Gasteiger partial charge in [0, 0.05) is 12.5 Å². The summed E-state index contributed by atoms with van der Waals surface area (Å²) in [6, 6.07) is -1.09. The number of rotatable bonds is 6. The third-order valence-electron chi connectivity index (χ3n) is 1.90. The molecule has 0 aliphatic rings. The minimum Gasteiger partial charge on any atom is -0.480 e. The van der Waals surface area contributed by atoms with Gasteiger partial charge in [-0.2, -0.15) is 0 Å². The van der Waals surface area contributed by atoms with Crippen molar-refractivity contribution in [3.05, 3.63) is 11.6 Å². The second kappa shape index (κ2) is 7.43. The van der Waals surface area contributed by atoms with Crippen LogP contribution in [0.25, 0.3) is 0 Å². The number of carbonyl (C=O) groups excluding carboxylic acids is 2. The molecule has 17 heavy (non-hydrogen) atoms. The normalized spacial score (nSPS) is 11.2. The molecule has 0 aromatic carbocycles. The van der Waals surface area contributed by atoms with E-state index in [1.807, 2.05) is 0 Å². The van der Waals surface area contributed by atoms with E-state index in [1.165, 1.54) is 13.2 Å². The molecule has 0 rings (SSSR count). The maximum atomic E-state index is 11.3. The number of hydrogen-bond donors (Lipinski definition) is 2. The first-order chi connectivity index (χ1) is 7.86. The summed E-state index contributed by atoms with van der Waals surface area (Å²) in [5, 5.41) is 11.2. The fourth-order valence-electron chi connectivity index (χ4n) is 1.10. The third kappa shape index (κ3) is 7.10. The van der Waals surface area contributed by atoms with Crippen LogP contribution in [0.3, 0.4) is 0 Å². The van der Waals surface area contributed by atoms with Crippen LogP contribution in [0.5, 0.6) is 0 Å². The van der Waals surface area contributed by atoms with Crippen molar-refractivity contribution in [3.8, 4) is 0 Å². The lowest BCUT2D eigenvalue weighted by molar-refractivity contribution is -0.143. The van der Waals surface area contributed by atoms with E-state index in [2.05, 4.69) is 10.1 Å². The van der Waals surface area contributed by atoms with Crippen molar-refractivity contribution >= 4 is 17.8 Å². The Bertz CT molecular complexity index is 331. The number of ether oxygens (including phenoxy) is 1. The number of nitrogens with one attached hydrogen (secondary N) is 1. The number of carboxylic acids is 1. The van der Waals surface area contributed by atoms with Crippen LogP contribution in [-0.2, 0) is 19.1 Å². The first-order valence-corrected chi connectivity index (χ1v) is 5.11. The van der Waals surface area contributed by atoms with Crippen molar-refractivity contribution in [1.82, 2.24) is 5.32 Å². The van der Waals surface area contributed by atoms with Crippen molar-refractivity contribution in [1.29, 1.82) is 0 Å². The Morgan fingerprint density at radius 2 is 1.94 bits per heavy atom. The lowest BCUT2D eigenvalue weighted by Gasteiger charge is -2.12. The molecule has 96 valence electrons. The summed E-state index contributed by atoms with van der Waals surface area (Å²) in [6.45, 7) is 3.45. The van der Waals surface area contributed by atoms with Gasteiger partial charge in [0.15, 0.2) is 0 Å². The summed E-state index contributed by atoms with van der Waals surface area (Å²) in [7, 11) is 1.22. The van der Waals surface area contributed by atoms with E-state index in [9.17, 15) is 14.4 Å². The number of esters is 1. The highest BCUT2D eigenvalue weighted by atomic mass is 16.5. The molecule has 2 N–H and O–H groups in total. The highest BCUT2D eigenvalue weighted by Crippen LogP contribution is 2.00. The molecule has 1 atom stereocenters. The topological polar surface area (TPSA) is 92.7 Å². The van der Waals surface area contributed by atoms with E-state index < -0.39 is 23.9 Å². The summed E-state index contributed by atoms with van der Waals surface area (Å²) < 4.78 is 4.39. The number of carbonyl (C=O) groups is 3. The minimum atomic E-state index is -1.18. The predicted octanol–water partition coefficient (Wildman–Crippen LogP) is 0.475. The molecular formula is C11H17NO5. The maximum Gasteiger partial charge on any atom is 0.326 e. The molecule has 6 heteroatoms. The number of methoxy groups -OCH3 is 1. The number of amides is 1. The highest BCUT2D eigenvalue weighted by molar-refractivity contribution is 5.91. The lowest BCUT2D eigenvalue weighted by atomic mass is 10.1. The molecule has 0 aromatic heterocycles. The molecule has 0 spiro atoms. The molecule has 0 fully saturated rings. The van der Waals surface area contributed by atoms with Crippen LogP contribution in [-0.4, -0.2) is 36.1 Å². The van der Waals surface area contributed by atoms with Gasteiger partial charge in [0.05, 0.1) is 7.11 Å². The van der Waals surface area contributed by atoms with Gasteiger partial charge < -0.3 is 15.2 Å². The summed E-state index contributed by atoms with van der Waals surface area (Å²) >= 11 is 0. The van der Waals surface area contributed by atoms with Crippen LogP contribution in [0.1, 0.15) is 26.7 Å². The Balaban J connectivity index is 4.35. The number of carboxylic acid groups (broad SMARTS) is 1. The zero-order valence-electron chi connectivity index (χ0n) is 10.1. The minimum absolute atomic E-state index is 0.00431. The van der Waals surface area contributed by atoms with Gasteiger partial charge in [-0.3, -0.25) is 9.59 Å². The Hall–Kier alpha value is -1.85. The number of allylic oxidation sites excluding steroid dienone is 1. The second-order valence-electron chi connectivity index (χ2n) is 3.74. The van der Waals surface area contributed by atoms with Crippen LogP contribution in [0, 0.1) is 0 Å². The molecule has 1 amide bonds. The van der Waals surface area contributed by atoms with Crippen molar-refractivity contribution < 1.29 is 24.2 Å². The van der Waals surface area contributed by atoms with Crippen LogP contribution < -0.4 is 5.32 Å². The van der Waals surface area contributed by atoms with Crippen molar-refractivity contribution in [2.24, 2.45) is 0 Å². The Morgan fingerprint density at radius 1 is 1.35 bits per heavy atom. The van der Waals surface area contributed by atoms with E-state index >= 15 is 0 Å². The lowest BCUT2D eigenvalue weighted by Crippen LogP contribution is -2.40. The van der Waals surface area contributed by atoms with Crippen molar-refractivity contribution in [2.75, 3.05) is 7.11 Å². The summed E-state index contributed by atoms with van der Waals surface area (Å²) in [5.74, 6) is -2.17. The third-order valence-corrected chi connectivity index (χ3v) is 1.90. The van der Waals surface area contributed by atoms with E-state index in [0.717, 1.165) is 5.57 Å². The Kier molecular flexibility index (Phi) is 6.62. The summed E-state index contributed by atoms with van der Waals surface area (Å²) in [6.07, 6.45) is 1.25. The number of aliphatic carboxylic acids is 1. The molecule has 0 saturated carbocycles. The van der Waals surface area contributed by atoms with Crippen molar-refractivity contribution in [2.45, 2.75) is 32.7 Å². The Morgan fingerprint density at radius 3 is 2.35 bits per heavy atom. The molecule has 1 unspecified atom stereocenters. The average Bonchev–Trinajstić information content (AvgIpc) is 2.22. The molecule has 6 nitrogen and oxygen atoms in total. The monoisotopic (exact) mass is 243 g/mol. The SMILES string of the molecule is COC(=O)CCC(NC(=O)C=C(C)C)C(=O)O. The molecule has 0 heterocycles. The first-order valence-electron chi connectivity index (χ1n) is 5.11. The smallest absolute Gasteiger partial charge is 0.326 e. The van der Waals surface area contributed by atoms with Gasteiger partial charge in [0.1, 0.15) is 6.04 Å². The van der Waals surface area contributed by atoms with Crippen molar-refractivity contribution in [3.63, 3.8) is 0 Å². The standard InChI is InChI=1S/C11H17NO5/c1-7(2)6-9(13)12-8(11(15)16)4-5-10(14)17-3/h6,8H,4-5H2,1-3H3,(H,12,13)(H,15,16). The highest BCUT2D eigenvalue weighted by Gasteiger charge is 2.20. The number of hydrogen-bond acceptors (Lipinski definition) is 4. The molecule has 0 aliphatic carbocycles. The van der Waals surface area contributed by atoms with Crippen LogP contribution in [0.15, 0.2) is 11.6 Å². The average molecular weight is 243 g/mol. The fraction of sp³-hybridized carbons (Fsp3) is 0.545. The maximum absolute atomic E-state index is 11.3. The van der Waals surface area contributed by atoms with Crippen LogP contribution in [0.4, 0.5) is 0 Å². The zero-order chi connectivity index (χ0) is 13.4. The largest absolute Gasteiger partial charge is 0.480 e. The molecule has 0 aliphatic heterocycles. The van der Waals surface area contributed by atoms with Gasteiger partial charge in [0.25, 0.3) is 0 Å². The van der Waals surface area contributed by atoms with Gasteiger partial charge in [-0.05, 0) is 20.3 Å². The van der Waals surface area contributed by atoms with E-state index in [1.54, 1.807) is 13.8 Å². The van der Waals surface area contributed by atoms with Crippen LogP contribution in [0.2, 0.25) is 0 Å². The zero-order valence-corrected chi connectivity index (χ0v) is 10.1. The Labute approximate surface area is 99.6 Å². The molecule has 0 bridgehead atoms. The molecule has 0 aromatic rings. The van der Waals surface area contributed by atoms with Gasteiger partial charge in [-0.1, -0.05) is 5.57 Å². The van der Waals surface area contributed by atoms with Gasteiger partial charge in [-0.25, -0.2) is 4.79 Å². The van der Waals surface area contributed by atoms with Crippen LogP contribution >= 0.6 is 0 Å². The predicted molar refractivity (Wildman–Crippen MR) is 60.2 cm³/mol. The summed E-state index contributed by atoms with van der Waals surface area (Å²) in [4.78, 5) is 33.0. The first kappa shape index (κ1) is 15.2. The van der Waals surface area contributed by atoms with Gasteiger partial charge in [-0.15, -0.1) is 0 Å². The van der Waals surface area contributed by atoms with E-state index in [-0.39, 0.29) is 12.8 Å². The molecule has 0 saturated heterocycles. The molecule has 0 radical (unpaired) electrons. The summed E-state index contributed by atoms with van der Waals surface area (Å²) in [5.41, 5.74) is 0.764.